The molecule has 1 saturated carbocycles. The Bertz CT molecular complexity index is 479. The molecule has 104 valence electrons. The minimum atomic E-state index is -4.58. The molecule has 0 unspecified atom stereocenters. The van der Waals surface area contributed by atoms with Gasteiger partial charge in [-0.2, -0.15) is 13.2 Å². The van der Waals surface area contributed by atoms with Gasteiger partial charge < -0.3 is 10.4 Å². The predicted molar refractivity (Wildman–Crippen MR) is 62.8 cm³/mol. The van der Waals surface area contributed by atoms with Gasteiger partial charge >= 0.3 is 6.18 Å². The standard InChI is InChI=1S/C13H14F3NO2/c14-13(15,16)9-5-8(6-11(18)7-9)12(19)17-10-3-1-2-4-10/h5-7,10,18H,1-4H2,(H,17,19). The van der Waals surface area contributed by atoms with Crippen molar-refractivity contribution in [3.05, 3.63) is 29.3 Å². The zero-order valence-corrected chi connectivity index (χ0v) is 10.1. The van der Waals surface area contributed by atoms with Crippen LogP contribution in [0, 0.1) is 0 Å². The van der Waals surface area contributed by atoms with E-state index in [1.54, 1.807) is 0 Å². The van der Waals surface area contributed by atoms with Crippen molar-refractivity contribution in [3.63, 3.8) is 0 Å². The Balaban J connectivity index is 2.19. The van der Waals surface area contributed by atoms with Crippen LogP contribution in [-0.4, -0.2) is 17.1 Å². The summed E-state index contributed by atoms with van der Waals surface area (Å²) in [5.74, 6) is -1.14. The molecule has 1 aromatic carbocycles. The molecule has 0 saturated heterocycles. The van der Waals surface area contributed by atoms with Gasteiger partial charge in [-0.05, 0) is 31.0 Å². The summed E-state index contributed by atoms with van der Waals surface area (Å²) in [6.07, 6.45) is -0.869. The number of carbonyl (C=O) groups is 1. The summed E-state index contributed by atoms with van der Waals surface area (Å²) < 4.78 is 37.7. The molecule has 0 spiro atoms. The van der Waals surface area contributed by atoms with E-state index in [-0.39, 0.29) is 11.6 Å². The molecular formula is C13H14F3NO2. The van der Waals surface area contributed by atoms with E-state index in [0.29, 0.717) is 6.07 Å². The molecule has 0 radical (unpaired) electrons. The molecule has 19 heavy (non-hydrogen) atoms. The molecule has 6 heteroatoms. The second-order valence-corrected chi connectivity index (χ2v) is 4.72. The minimum Gasteiger partial charge on any atom is -0.508 e. The first-order chi connectivity index (χ1) is 8.86. The van der Waals surface area contributed by atoms with Gasteiger partial charge in [-0.15, -0.1) is 0 Å². The van der Waals surface area contributed by atoms with Gasteiger partial charge in [0.15, 0.2) is 0 Å². The molecule has 1 fully saturated rings. The SMILES string of the molecule is O=C(NC1CCCC1)c1cc(O)cc(C(F)(F)F)c1. The van der Waals surface area contributed by atoms with Gasteiger partial charge in [-0.1, -0.05) is 12.8 Å². The van der Waals surface area contributed by atoms with Crippen molar-refractivity contribution < 1.29 is 23.1 Å². The fourth-order valence-corrected chi connectivity index (χ4v) is 2.24. The fraction of sp³-hybridized carbons (Fsp3) is 0.462. The fourth-order valence-electron chi connectivity index (χ4n) is 2.24. The van der Waals surface area contributed by atoms with Gasteiger partial charge in [0.2, 0.25) is 0 Å². The van der Waals surface area contributed by atoms with Crippen LogP contribution >= 0.6 is 0 Å². The van der Waals surface area contributed by atoms with Crippen molar-refractivity contribution in [2.24, 2.45) is 0 Å². The van der Waals surface area contributed by atoms with Crippen molar-refractivity contribution in [3.8, 4) is 5.75 Å². The van der Waals surface area contributed by atoms with E-state index in [1.807, 2.05) is 0 Å². The summed E-state index contributed by atoms with van der Waals surface area (Å²) in [6, 6.07) is 2.42. The lowest BCUT2D eigenvalue weighted by atomic mass is 10.1. The number of rotatable bonds is 2. The Labute approximate surface area is 108 Å². The summed E-state index contributed by atoms with van der Waals surface area (Å²) in [7, 11) is 0. The van der Waals surface area contributed by atoms with Crippen molar-refractivity contribution in [2.75, 3.05) is 0 Å². The van der Waals surface area contributed by atoms with Gasteiger partial charge in [0, 0.05) is 11.6 Å². The van der Waals surface area contributed by atoms with Crippen molar-refractivity contribution in [2.45, 2.75) is 37.9 Å². The Morgan fingerprint density at radius 1 is 1.21 bits per heavy atom. The van der Waals surface area contributed by atoms with Crippen LogP contribution in [0.3, 0.4) is 0 Å². The number of carbonyl (C=O) groups excluding carboxylic acids is 1. The van der Waals surface area contributed by atoms with Crippen molar-refractivity contribution in [1.29, 1.82) is 0 Å². The quantitative estimate of drug-likeness (QED) is 0.870. The molecule has 2 N–H and O–H groups in total. The lowest BCUT2D eigenvalue weighted by molar-refractivity contribution is -0.137. The first kappa shape index (κ1) is 13.7. The third-order valence-electron chi connectivity index (χ3n) is 3.20. The zero-order chi connectivity index (χ0) is 14.0. The molecule has 0 aromatic heterocycles. The van der Waals surface area contributed by atoms with Crippen LogP contribution in [0.5, 0.6) is 5.75 Å². The van der Waals surface area contributed by atoms with E-state index in [2.05, 4.69) is 5.32 Å². The van der Waals surface area contributed by atoms with E-state index < -0.39 is 23.4 Å². The largest absolute Gasteiger partial charge is 0.508 e. The normalized spacial score (nSPS) is 16.6. The molecule has 2 rings (SSSR count). The predicted octanol–water partition coefficient (Wildman–Crippen LogP) is 3.08. The molecule has 0 bridgehead atoms. The van der Waals surface area contributed by atoms with E-state index in [1.165, 1.54) is 0 Å². The van der Waals surface area contributed by atoms with Crippen LogP contribution in [0.2, 0.25) is 0 Å². The number of amides is 1. The first-order valence-electron chi connectivity index (χ1n) is 6.08. The molecule has 1 amide bonds. The lowest BCUT2D eigenvalue weighted by Crippen LogP contribution is -2.32. The van der Waals surface area contributed by atoms with Crippen LogP contribution in [-0.2, 0) is 6.18 Å². The Morgan fingerprint density at radius 2 is 1.84 bits per heavy atom. The average Bonchev–Trinajstić information content (AvgIpc) is 2.79. The Kier molecular flexibility index (Phi) is 3.68. The van der Waals surface area contributed by atoms with Crippen molar-refractivity contribution >= 4 is 5.91 Å². The maximum atomic E-state index is 12.6. The summed E-state index contributed by atoms with van der Waals surface area (Å²) in [4.78, 5) is 11.8. The lowest BCUT2D eigenvalue weighted by Gasteiger charge is -2.13. The van der Waals surface area contributed by atoms with E-state index in [0.717, 1.165) is 37.8 Å². The summed E-state index contributed by atoms with van der Waals surface area (Å²) in [6.45, 7) is 0. The molecule has 1 aromatic rings. The highest BCUT2D eigenvalue weighted by Gasteiger charge is 2.32. The number of phenols is 1. The van der Waals surface area contributed by atoms with Gasteiger partial charge in [0.1, 0.15) is 5.75 Å². The van der Waals surface area contributed by atoms with Gasteiger partial charge in [0.05, 0.1) is 5.56 Å². The highest BCUT2D eigenvalue weighted by molar-refractivity contribution is 5.95. The molecule has 1 aliphatic carbocycles. The second kappa shape index (κ2) is 5.11. The summed E-state index contributed by atoms with van der Waals surface area (Å²) >= 11 is 0. The number of aromatic hydroxyl groups is 1. The molecule has 3 nitrogen and oxygen atoms in total. The van der Waals surface area contributed by atoms with Crippen LogP contribution in [0.25, 0.3) is 0 Å². The number of alkyl halides is 3. The van der Waals surface area contributed by atoms with Crippen LogP contribution in [0.1, 0.15) is 41.6 Å². The van der Waals surface area contributed by atoms with Crippen molar-refractivity contribution in [1.82, 2.24) is 5.32 Å². The number of halogens is 3. The molecular weight excluding hydrogens is 259 g/mol. The topological polar surface area (TPSA) is 49.3 Å². The van der Waals surface area contributed by atoms with E-state index in [9.17, 15) is 23.1 Å². The highest BCUT2D eigenvalue weighted by atomic mass is 19.4. The van der Waals surface area contributed by atoms with Crippen LogP contribution in [0.15, 0.2) is 18.2 Å². The molecule has 0 aliphatic heterocycles. The maximum Gasteiger partial charge on any atom is 0.416 e. The van der Waals surface area contributed by atoms with Gasteiger partial charge in [-0.3, -0.25) is 4.79 Å². The Morgan fingerprint density at radius 3 is 2.42 bits per heavy atom. The number of benzene rings is 1. The molecule has 1 aliphatic rings. The number of hydrogen-bond donors (Lipinski definition) is 2. The third-order valence-corrected chi connectivity index (χ3v) is 3.20. The Hall–Kier alpha value is -1.72. The smallest absolute Gasteiger partial charge is 0.416 e. The second-order valence-electron chi connectivity index (χ2n) is 4.72. The zero-order valence-electron chi connectivity index (χ0n) is 10.1. The van der Waals surface area contributed by atoms with E-state index in [4.69, 9.17) is 0 Å². The highest BCUT2D eigenvalue weighted by Crippen LogP contribution is 2.32. The van der Waals surface area contributed by atoms with Gasteiger partial charge in [-0.25, -0.2) is 0 Å². The summed E-state index contributed by atoms with van der Waals surface area (Å²) in [5, 5.41) is 12.0. The average molecular weight is 273 g/mol. The first-order valence-corrected chi connectivity index (χ1v) is 6.08. The number of nitrogens with one attached hydrogen (secondary N) is 1. The molecule has 0 atom stereocenters. The van der Waals surface area contributed by atoms with Gasteiger partial charge in [0.25, 0.3) is 5.91 Å². The third kappa shape index (κ3) is 3.39. The number of phenolic OH excluding ortho intramolecular Hbond substituents is 1. The minimum absolute atomic E-state index is 0.0178. The van der Waals surface area contributed by atoms with Crippen LogP contribution < -0.4 is 5.32 Å². The monoisotopic (exact) mass is 273 g/mol. The maximum absolute atomic E-state index is 12.6. The summed E-state index contributed by atoms with van der Waals surface area (Å²) in [5.41, 5.74) is -1.19. The molecule has 0 heterocycles. The van der Waals surface area contributed by atoms with Crippen LogP contribution in [0.4, 0.5) is 13.2 Å². The van der Waals surface area contributed by atoms with E-state index >= 15 is 0 Å². The number of hydrogen-bond acceptors (Lipinski definition) is 2.